The molecule has 1 aliphatic heterocycles. The maximum atomic E-state index is 11.4. The van der Waals surface area contributed by atoms with E-state index in [9.17, 15) is 9.90 Å². The van der Waals surface area contributed by atoms with E-state index >= 15 is 0 Å². The molecule has 6 nitrogen and oxygen atoms in total. The normalized spacial score (nSPS) is 19.1. The predicted molar refractivity (Wildman–Crippen MR) is 88.7 cm³/mol. The molecule has 1 saturated heterocycles. The van der Waals surface area contributed by atoms with Crippen LogP contribution in [0.5, 0.6) is 0 Å². The number of carboxylic acids is 1. The monoisotopic (exact) mass is 330 g/mol. The SMILES string of the molecule is CC(NCc1oc(-c2ccccc2)nc1C(=O)O)C1CCCOC1. The fourth-order valence-electron chi connectivity index (χ4n) is 2.92. The molecule has 2 N–H and O–H groups in total. The van der Waals surface area contributed by atoms with Gasteiger partial charge < -0.3 is 19.6 Å². The van der Waals surface area contributed by atoms with E-state index in [1.165, 1.54) is 0 Å². The van der Waals surface area contributed by atoms with Gasteiger partial charge in [-0.25, -0.2) is 9.78 Å². The largest absolute Gasteiger partial charge is 0.476 e. The van der Waals surface area contributed by atoms with Gasteiger partial charge in [-0.1, -0.05) is 18.2 Å². The van der Waals surface area contributed by atoms with Gasteiger partial charge in [0.1, 0.15) is 0 Å². The highest BCUT2D eigenvalue weighted by molar-refractivity contribution is 5.87. The molecule has 0 amide bonds. The average Bonchev–Trinajstić information content (AvgIpc) is 3.06. The van der Waals surface area contributed by atoms with E-state index in [2.05, 4.69) is 17.2 Å². The van der Waals surface area contributed by atoms with Crippen LogP contribution < -0.4 is 5.32 Å². The Morgan fingerprint density at radius 2 is 2.21 bits per heavy atom. The molecule has 2 atom stereocenters. The zero-order chi connectivity index (χ0) is 16.9. The number of hydrogen-bond donors (Lipinski definition) is 2. The Morgan fingerprint density at radius 3 is 2.88 bits per heavy atom. The van der Waals surface area contributed by atoms with Crippen molar-refractivity contribution in [2.75, 3.05) is 13.2 Å². The minimum Gasteiger partial charge on any atom is -0.476 e. The third kappa shape index (κ3) is 3.83. The maximum absolute atomic E-state index is 11.4. The number of nitrogens with zero attached hydrogens (tertiary/aromatic N) is 1. The Labute approximate surface area is 140 Å². The molecule has 2 aromatic rings. The van der Waals surface area contributed by atoms with Crippen LogP contribution in [-0.2, 0) is 11.3 Å². The lowest BCUT2D eigenvalue weighted by molar-refractivity contribution is 0.0414. The Hall–Kier alpha value is -2.18. The van der Waals surface area contributed by atoms with Crippen LogP contribution in [0, 0.1) is 5.92 Å². The molecule has 0 bridgehead atoms. The van der Waals surface area contributed by atoms with Crippen LogP contribution in [0.3, 0.4) is 0 Å². The Bertz CT molecular complexity index is 678. The summed E-state index contributed by atoms with van der Waals surface area (Å²) in [4.78, 5) is 15.6. The van der Waals surface area contributed by atoms with Crippen LogP contribution in [-0.4, -0.2) is 35.3 Å². The second-order valence-corrected chi connectivity index (χ2v) is 6.11. The number of benzene rings is 1. The van der Waals surface area contributed by atoms with Gasteiger partial charge in [0.15, 0.2) is 11.5 Å². The fraction of sp³-hybridized carbons (Fsp3) is 0.444. The van der Waals surface area contributed by atoms with Crippen LogP contribution >= 0.6 is 0 Å². The van der Waals surface area contributed by atoms with E-state index in [-0.39, 0.29) is 11.7 Å². The highest BCUT2D eigenvalue weighted by atomic mass is 16.5. The quantitative estimate of drug-likeness (QED) is 0.847. The van der Waals surface area contributed by atoms with Gasteiger partial charge in [0.05, 0.1) is 13.2 Å². The third-order valence-electron chi connectivity index (χ3n) is 4.41. The van der Waals surface area contributed by atoms with Crippen LogP contribution in [0.2, 0.25) is 0 Å². The Morgan fingerprint density at radius 1 is 1.42 bits per heavy atom. The number of carbonyl (C=O) groups is 1. The van der Waals surface area contributed by atoms with Crippen molar-refractivity contribution in [1.29, 1.82) is 0 Å². The molecule has 2 unspecified atom stereocenters. The summed E-state index contributed by atoms with van der Waals surface area (Å²) in [6, 6.07) is 9.53. The molecule has 2 heterocycles. The molecule has 0 aliphatic carbocycles. The van der Waals surface area contributed by atoms with Crippen molar-refractivity contribution < 1.29 is 19.1 Å². The Balaban J connectivity index is 1.72. The molecule has 1 fully saturated rings. The zero-order valence-corrected chi connectivity index (χ0v) is 13.7. The molecule has 0 radical (unpaired) electrons. The number of aromatic nitrogens is 1. The summed E-state index contributed by atoms with van der Waals surface area (Å²) in [5.74, 6) is 0.0401. The van der Waals surface area contributed by atoms with E-state index in [1.54, 1.807) is 0 Å². The van der Waals surface area contributed by atoms with Crippen LogP contribution in [0.15, 0.2) is 34.7 Å². The summed E-state index contributed by atoms with van der Waals surface area (Å²) in [7, 11) is 0. The molecule has 0 saturated carbocycles. The summed E-state index contributed by atoms with van der Waals surface area (Å²) in [5.41, 5.74) is 0.730. The summed E-state index contributed by atoms with van der Waals surface area (Å²) >= 11 is 0. The molecule has 1 aliphatic rings. The zero-order valence-electron chi connectivity index (χ0n) is 13.7. The lowest BCUT2D eigenvalue weighted by atomic mass is 9.95. The summed E-state index contributed by atoms with van der Waals surface area (Å²) in [6.07, 6.45) is 2.18. The van der Waals surface area contributed by atoms with Crippen molar-refractivity contribution in [3.8, 4) is 11.5 Å². The molecule has 128 valence electrons. The molecule has 6 heteroatoms. The van der Waals surface area contributed by atoms with Gasteiger partial charge in [-0.2, -0.15) is 0 Å². The standard InChI is InChI=1S/C18H22N2O4/c1-12(14-8-5-9-23-11-14)19-10-15-16(18(21)22)20-17(24-15)13-6-3-2-4-7-13/h2-4,6-7,12,14,19H,5,8-11H2,1H3,(H,21,22). The van der Waals surface area contributed by atoms with Crippen LogP contribution in [0.4, 0.5) is 0 Å². The van der Waals surface area contributed by atoms with Crippen LogP contribution in [0.25, 0.3) is 11.5 Å². The number of aromatic carboxylic acids is 1. The van der Waals surface area contributed by atoms with Gasteiger partial charge in [0.25, 0.3) is 0 Å². The van der Waals surface area contributed by atoms with E-state index in [0.717, 1.165) is 31.6 Å². The lowest BCUT2D eigenvalue weighted by Gasteiger charge is -2.28. The molecule has 3 rings (SSSR count). The van der Waals surface area contributed by atoms with Gasteiger partial charge in [-0.05, 0) is 37.8 Å². The van der Waals surface area contributed by atoms with Crippen LogP contribution in [0.1, 0.15) is 36.0 Å². The molecule has 1 aromatic carbocycles. The van der Waals surface area contributed by atoms with Crippen molar-refractivity contribution in [2.24, 2.45) is 5.92 Å². The highest BCUT2D eigenvalue weighted by Crippen LogP contribution is 2.23. The lowest BCUT2D eigenvalue weighted by Crippen LogP contribution is -2.37. The summed E-state index contributed by atoms with van der Waals surface area (Å²) in [5, 5.41) is 12.7. The van der Waals surface area contributed by atoms with Crippen molar-refractivity contribution >= 4 is 5.97 Å². The van der Waals surface area contributed by atoms with Crippen molar-refractivity contribution in [1.82, 2.24) is 10.3 Å². The van der Waals surface area contributed by atoms with Gasteiger partial charge >= 0.3 is 5.97 Å². The molecule has 24 heavy (non-hydrogen) atoms. The minimum atomic E-state index is -1.08. The number of nitrogens with one attached hydrogen (secondary N) is 1. The highest BCUT2D eigenvalue weighted by Gasteiger charge is 2.23. The number of hydrogen-bond acceptors (Lipinski definition) is 5. The number of rotatable bonds is 6. The first kappa shape index (κ1) is 16.7. The third-order valence-corrected chi connectivity index (χ3v) is 4.41. The summed E-state index contributed by atoms with van der Waals surface area (Å²) < 4.78 is 11.2. The molecule has 1 aromatic heterocycles. The van der Waals surface area contributed by atoms with Gasteiger partial charge in [-0.15, -0.1) is 0 Å². The molecular formula is C18H22N2O4. The first-order valence-electron chi connectivity index (χ1n) is 8.24. The first-order chi connectivity index (χ1) is 11.6. The minimum absolute atomic E-state index is 0.0338. The van der Waals surface area contributed by atoms with E-state index in [0.29, 0.717) is 24.1 Å². The first-order valence-corrected chi connectivity index (χ1v) is 8.24. The van der Waals surface area contributed by atoms with E-state index < -0.39 is 5.97 Å². The number of carboxylic acid groups (broad SMARTS) is 1. The molecule has 0 spiro atoms. The fourth-order valence-corrected chi connectivity index (χ4v) is 2.92. The summed E-state index contributed by atoms with van der Waals surface area (Å²) in [6.45, 7) is 3.99. The second-order valence-electron chi connectivity index (χ2n) is 6.11. The molecular weight excluding hydrogens is 308 g/mol. The van der Waals surface area contributed by atoms with Gasteiger partial charge in [0.2, 0.25) is 5.89 Å². The maximum Gasteiger partial charge on any atom is 0.358 e. The van der Waals surface area contributed by atoms with Gasteiger partial charge in [-0.3, -0.25) is 0 Å². The number of ether oxygens (including phenoxy) is 1. The van der Waals surface area contributed by atoms with Crippen molar-refractivity contribution in [2.45, 2.75) is 32.4 Å². The average molecular weight is 330 g/mol. The van der Waals surface area contributed by atoms with Gasteiger partial charge in [0, 0.05) is 18.2 Å². The van der Waals surface area contributed by atoms with Crippen molar-refractivity contribution in [3.63, 3.8) is 0 Å². The van der Waals surface area contributed by atoms with E-state index in [1.807, 2.05) is 30.3 Å². The number of oxazole rings is 1. The van der Waals surface area contributed by atoms with Crippen molar-refractivity contribution in [3.05, 3.63) is 41.8 Å². The second kappa shape index (κ2) is 7.59. The Kier molecular flexibility index (Phi) is 5.27. The topological polar surface area (TPSA) is 84.6 Å². The predicted octanol–water partition coefficient (Wildman–Crippen LogP) is 2.94. The van der Waals surface area contributed by atoms with E-state index in [4.69, 9.17) is 9.15 Å². The smallest absolute Gasteiger partial charge is 0.358 e.